The summed E-state index contributed by atoms with van der Waals surface area (Å²) in [6.07, 6.45) is 1.77. The number of carbonyl (C=O) groups excluding carboxylic acids is 1. The van der Waals surface area contributed by atoms with E-state index in [2.05, 4.69) is 5.32 Å². The molecule has 0 unspecified atom stereocenters. The molecule has 1 fully saturated rings. The fourth-order valence-corrected chi connectivity index (χ4v) is 5.13. The standard InChI is InChI=1S/C21H23F4N3O3S/c1-3-28(4-2)32(30,31)13-7-8-17(27-9-5-6-10-27)16(11-13)26-21(29)14-12-15(22)19(24)20(25)18(14)23/h7-8,11-12H,3-6,9-10H2,1-2H3,(H,26,29). The van der Waals surface area contributed by atoms with Gasteiger partial charge in [0.05, 0.1) is 21.8 Å². The second kappa shape index (κ2) is 9.45. The van der Waals surface area contributed by atoms with Crippen molar-refractivity contribution in [1.29, 1.82) is 0 Å². The molecule has 11 heteroatoms. The number of amides is 1. The van der Waals surface area contributed by atoms with Crippen LogP contribution in [0.25, 0.3) is 0 Å². The zero-order valence-corrected chi connectivity index (χ0v) is 18.4. The van der Waals surface area contributed by atoms with Crippen molar-refractivity contribution < 1.29 is 30.8 Å². The number of benzene rings is 2. The van der Waals surface area contributed by atoms with Gasteiger partial charge in [0.25, 0.3) is 5.91 Å². The molecule has 0 aromatic heterocycles. The first-order valence-corrected chi connectivity index (χ1v) is 11.6. The van der Waals surface area contributed by atoms with Crippen LogP contribution in [0, 0.1) is 23.3 Å². The van der Waals surface area contributed by atoms with Crippen molar-refractivity contribution in [2.45, 2.75) is 31.6 Å². The van der Waals surface area contributed by atoms with Gasteiger partial charge in [-0.3, -0.25) is 4.79 Å². The molecule has 0 aliphatic carbocycles. The van der Waals surface area contributed by atoms with Gasteiger partial charge in [0.1, 0.15) is 0 Å². The minimum atomic E-state index is -3.87. The van der Waals surface area contributed by atoms with E-state index in [-0.39, 0.29) is 29.7 Å². The van der Waals surface area contributed by atoms with Gasteiger partial charge in [-0.05, 0) is 37.1 Å². The average molecular weight is 473 g/mol. The van der Waals surface area contributed by atoms with Crippen LogP contribution in [0.2, 0.25) is 0 Å². The van der Waals surface area contributed by atoms with Crippen molar-refractivity contribution in [3.8, 4) is 0 Å². The highest BCUT2D eigenvalue weighted by atomic mass is 32.2. The second-order valence-corrected chi connectivity index (χ2v) is 9.20. The van der Waals surface area contributed by atoms with Crippen molar-refractivity contribution in [2.24, 2.45) is 0 Å². The van der Waals surface area contributed by atoms with Crippen molar-refractivity contribution in [3.05, 3.63) is 53.1 Å². The molecule has 0 spiro atoms. The SMILES string of the molecule is CCN(CC)S(=O)(=O)c1ccc(N2CCCC2)c(NC(=O)c2cc(F)c(F)c(F)c2F)c1. The van der Waals surface area contributed by atoms with Gasteiger partial charge in [-0.1, -0.05) is 13.8 Å². The summed E-state index contributed by atoms with van der Waals surface area (Å²) in [5.74, 6) is -8.92. The van der Waals surface area contributed by atoms with Crippen LogP contribution in [0.4, 0.5) is 28.9 Å². The summed E-state index contributed by atoms with van der Waals surface area (Å²) in [6, 6.07) is 4.43. The largest absolute Gasteiger partial charge is 0.370 e. The number of hydrogen-bond acceptors (Lipinski definition) is 4. The van der Waals surface area contributed by atoms with Crippen molar-refractivity contribution in [2.75, 3.05) is 36.4 Å². The number of rotatable bonds is 7. The summed E-state index contributed by atoms with van der Waals surface area (Å²) >= 11 is 0. The van der Waals surface area contributed by atoms with Crippen molar-refractivity contribution in [3.63, 3.8) is 0 Å². The van der Waals surface area contributed by atoms with Crippen LogP contribution in [0.5, 0.6) is 0 Å². The molecule has 2 aromatic rings. The number of sulfonamides is 1. The van der Waals surface area contributed by atoms with Crippen LogP contribution in [0.3, 0.4) is 0 Å². The Morgan fingerprint density at radius 2 is 1.62 bits per heavy atom. The summed E-state index contributed by atoms with van der Waals surface area (Å²) < 4.78 is 81.6. The second-order valence-electron chi connectivity index (χ2n) is 7.26. The predicted octanol–water partition coefficient (Wildman–Crippen LogP) is 4.13. The number of nitrogens with zero attached hydrogens (tertiary/aromatic N) is 2. The molecule has 2 aromatic carbocycles. The zero-order chi connectivity index (χ0) is 23.6. The molecule has 174 valence electrons. The molecular formula is C21H23F4N3O3S. The molecule has 32 heavy (non-hydrogen) atoms. The first-order chi connectivity index (χ1) is 15.1. The quantitative estimate of drug-likeness (QED) is 0.373. The summed E-state index contributed by atoms with van der Waals surface area (Å²) in [7, 11) is -3.87. The lowest BCUT2D eigenvalue weighted by atomic mass is 10.1. The molecule has 1 saturated heterocycles. The Morgan fingerprint density at radius 3 is 2.22 bits per heavy atom. The molecule has 0 bridgehead atoms. The lowest BCUT2D eigenvalue weighted by Gasteiger charge is -2.24. The number of hydrogen-bond donors (Lipinski definition) is 1. The third-order valence-electron chi connectivity index (χ3n) is 5.35. The lowest BCUT2D eigenvalue weighted by molar-refractivity contribution is 0.102. The topological polar surface area (TPSA) is 69.7 Å². The normalized spacial score (nSPS) is 14.3. The molecule has 1 amide bonds. The molecule has 3 rings (SSSR count). The van der Waals surface area contributed by atoms with Crippen LogP contribution < -0.4 is 10.2 Å². The zero-order valence-electron chi connectivity index (χ0n) is 17.6. The van der Waals surface area contributed by atoms with Crippen LogP contribution in [-0.2, 0) is 10.0 Å². The maximum Gasteiger partial charge on any atom is 0.258 e. The van der Waals surface area contributed by atoms with E-state index in [0.29, 0.717) is 18.8 Å². The Morgan fingerprint density at radius 1 is 1.00 bits per heavy atom. The van der Waals surface area contributed by atoms with E-state index in [1.165, 1.54) is 22.5 Å². The van der Waals surface area contributed by atoms with Crippen LogP contribution >= 0.6 is 0 Å². The van der Waals surface area contributed by atoms with Crippen LogP contribution in [0.15, 0.2) is 29.2 Å². The minimum absolute atomic E-state index is 0.0367. The Labute approximate surface area is 183 Å². The van der Waals surface area contributed by atoms with Gasteiger partial charge in [0.15, 0.2) is 23.3 Å². The summed E-state index contributed by atoms with van der Waals surface area (Å²) in [6.45, 7) is 5.13. The lowest BCUT2D eigenvalue weighted by Crippen LogP contribution is -2.31. The maximum atomic E-state index is 14.1. The Bertz CT molecular complexity index is 1130. The van der Waals surface area contributed by atoms with E-state index in [4.69, 9.17) is 0 Å². The minimum Gasteiger partial charge on any atom is -0.370 e. The Balaban J connectivity index is 2.06. The highest BCUT2D eigenvalue weighted by molar-refractivity contribution is 7.89. The maximum absolute atomic E-state index is 14.1. The van der Waals surface area contributed by atoms with Crippen LogP contribution in [0.1, 0.15) is 37.0 Å². The number of halogens is 4. The molecule has 0 radical (unpaired) electrons. The van der Waals surface area contributed by atoms with Crippen LogP contribution in [-0.4, -0.2) is 44.8 Å². The Kier molecular flexibility index (Phi) is 7.09. The van der Waals surface area contributed by atoms with Crippen molar-refractivity contribution >= 4 is 27.3 Å². The van der Waals surface area contributed by atoms with Gasteiger partial charge in [-0.15, -0.1) is 0 Å². The van der Waals surface area contributed by atoms with Crippen molar-refractivity contribution in [1.82, 2.24) is 4.31 Å². The molecule has 1 aliphatic rings. The summed E-state index contributed by atoms with van der Waals surface area (Å²) in [5.41, 5.74) is -0.516. The van der Waals surface area contributed by atoms with Gasteiger partial charge in [0.2, 0.25) is 10.0 Å². The fraction of sp³-hybridized carbons (Fsp3) is 0.381. The fourth-order valence-electron chi connectivity index (χ4n) is 3.65. The first kappa shape index (κ1) is 24.0. The molecule has 1 heterocycles. The van der Waals surface area contributed by atoms with Gasteiger partial charge in [0, 0.05) is 26.2 Å². The van der Waals surface area contributed by atoms with E-state index < -0.39 is 44.8 Å². The van der Waals surface area contributed by atoms with Gasteiger partial charge < -0.3 is 10.2 Å². The molecule has 0 saturated carbocycles. The predicted molar refractivity (Wildman–Crippen MR) is 112 cm³/mol. The summed E-state index contributed by atoms with van der Waals surface area (Å²) in [5, 5.41) is 2.35. The number of nitrogens with one attached hydrogen (secondary N) is 1. The molecule has 1 N–H and O–H groups in total. The van der Waals surface area contributed by atoms with E-state index in [1.807, 2.05) is 4.90 Å². The summed E-state index contributed by atoms with van der Waals surface area (Å²) in [4.78, 5) is 14.4. The monoisotopic (exact) mass is 473 g/mol. The third-order valence-corrected chi connectivity index (χ3v) is 7.40. The smallest absolute Gasteiger partial charge is 0.258 e. The van der Waals surface area contributed by atoms with E-state index >= 15 is 0 Å². The molecule has 6 nitrogen and oxygen atoms in total. The highest BCUT2D eigenvalue weighted by Gasteiger charge is 2.27. The van der Waals surface area contributed by atoms with Gasteiger partial charge in [-0.2, -0.15) is 4.31 Å². The first-order valence-electron chi connectivity index (χ1n) is 10.1. The van der Waals surface area contributed by atoms with E-state index in [1.54, 1.807) is 13.8 Å². The molecule has 0 atom stereocenters. The van der Waals surface area contributed by atoms with E-state index in [9.17, 15) is 30.8 Å². The third kappa shape index (κ3) is 4.44. The Hall–Kier alpha value is -2.66. The molecule has 1 aliphatic heterocycles. The van der Waals surface area contributed by atoms with Gasteiger partial charge >= 0.3 is 0 Å². The van der Waals surface area contributed by atoms with E-state index in [0.717, 1.165) is 12.8 Å². The number of carbonyl (C=O) groups is 1. The van der Waals surface area contributed by atoms with Gasteiger partial charge in [-0.25, -0.2) is 26.0 Å². The number of anilines is 2. The average Bonchev–Trinajstić information content (AvgIpc) is 3.30. The molecular weight excluding hydrogens is 450 g/mol. The highest BCUT2D eigenvalue weighted by Crippen LogP contribution is 2.33.